The van der Waals surface area contributed by atoms with Gasteiger partial charge in [-0.3, -0.25) is 4.79 Å². The van der Waals surface area contributed by atoms with E-state index in [-0.39, 0.29) is 30.7 Å². The van der Waals surface area contributed by atoms with E-state index in [2.05, 4.69) is 28.6 Å². The highest BCUT2D eigenvalue weighted by Gasteiger charge is 2.17. The van der Waals surface area contributed by atoms with Crippen molar-refractivity contribution in [2.24, 2.45) is 5.92 Å². The number of likely N-dealkylation sites (tertiary alicyclic amines) is 1. The van der Waals surface area contributed by atoms with E-state index in [0.29, 0.717) is 0 Å². The van der Waals surface area contributed by atoms with Crippen molar-refractivity contribution >= 4 is 30.7 Å². The Kier molecular flexibility index (Phi) is 8.34. The first-order valence-electron chi connectivity index (χ1n) is 8.01. The van der Waals surface area contributed by atoms with Gasteiger partial charge in [0.25, 0.3) is 5.91 Å². The quantitative estimate of drug-likeness (QED) is 0.868. The molecule has 2 aliphatic heterocycles. The van der Waals surface area contributed by atoms with Crippen LogP contribution in [0.25, 0.3) is 0 Å². The van der Waals surface area contributed by atoms with Crippen molar-refractivity contribution in [1.82, 2.24) is 15.5 Å². The predicted octanol–water partition coefficient (Wildman–Crippen LogP) is 2.60. The van der Waals surface area contributed by atoms with Gasteiger partial charge in [-0.15, -0.1) is 24.8 Å². The molecule has 0 atom stereocenters. The highest BCUT2D eigenvalue weighted by molar-refractivity contribution is 5.94. The standard InChI is InChI=1S/C17H25N3O.2ClH/c1-20-8-5-13(6-9-20)4-7-19-17(21)14-2-3-15-11-18-12-16(15)10-14;;/h2-3,10,13,18H,4-9,11-12H2,1H3,(H,19,21);2*1H. The molecule has 2 aliphatic rings. The van der Waals surface area contributed by atoms with Gasteiger partial charge in [0.1, 0.15) is 0 Å². The lowest BCUT2D eigenvalue weighted by Gasteiger charge is -2.28. The summed E-state index contributed by atoms with van der Waals surface area (Å²) in [5.41, 5.74) is 3.37. The van der Waals surface area contributed by atoms with Crippen molar-refractivity contribution in [3.8, 4) is 0 Å². The van der Waals surface area contributed by atoms with Gasteiger partial charge in [-0.2, -0.15) is 0 Å². The third-order valence-electron chi connectivity index (χ3n) is 4.78. The van der Waals surface area contributed by atoms with Crippen LogP contribution in [0.15, 0.2) is 18.2 Å². The molecule has 0 aromatic heterocycles. The zero-order chi connectivity index (χ0) is 14.7. The van der Waals surface area contributed by atoms with Crippen LogP contribution in [0.3, 0.4) is 0 Å². The van der Waals surface area contributed by atoms with Gasteiger partial charge in [-0.1, -0.05) is 6.07 Å². The molecule has 2 N–H and O–H groups in total. The Morgan fingerprint density at radius 2 is 1.91 bits per heavy atom. The monoisotopic (exact) mass is 359 g/mol. The van der Waals surface area contributed by atoms with E-state index >= 15 is 0 Å². The zero-order valence-corrected chi connectivity index (χ0v) is 15.3. The molecule has 0 bridgehead atoms. The minimum absolute atomic E-state index is 0. The van der Waals surface area contributed by atoms with E-state index in [1.165, 1.54) is 37.1 Å². The van der Waals surface area contributed by atoms with Crippen molar-refractivity contribution in [3.05, 3.63) is 34.9 Å². The minimum atomic E-state index is 0. The number of fused-ring (bicyclic) bond motifs is 1. The zero-order valence-electron chi connectivity index (χ0n) is 13.6. The van der Waals surface area contributed by atoms with E-state index in [0.717, 1.165) is 37.5 Å². The normalized spacial score (nSPS) is 17.8. The van der Waals surface area contributed by atoms with E-state index in [1.54, 1.807) is 0 Å². The number of hydrogen-bond donors (Lipinski definition) is 2. The predicted molar refractivity (Wildman–Crippen MR) is 98.7 cm³/mol. The number of amides is 1. The van der Waals surface area contributed by atoms with Gasteiger partial charge in [0.2, 0.25) is 0 Å². The molecular formula is C17H27Cl2N3O. The number of hydrogen-bond acceptors (Lipinski definition) is 3. The molecular weight excluding hydrogens is 333 g/mol. The summed E-state index contributed by atoms with van der Waals surface area (Å²) in [4.78, 5) is 14.6. The van der Waals surface area contributed by atoms with Crippen LogP contribution >= 0.6 is 24.8 Å². The van der Waals surface area contributed by atoms with E-state index in [1.807, 2.05) is 12.1 Å². The number of benzene rings is 1. The molecule has 0 radical (unpaired) electrons. The molecule has 3 rings (SSSR count). The van der Waals surface area contributed by atoms with Gasteiger partial charge in [0.15, 0.2) is 0 Å². The second-order valence-electron chi connectivity index (χ2n) is 6.38. The van der Waals surface area contributed by atoms with Gasteiger partial charge in [0, 0.05) is 25.2 Å². The number of piperidine rings is 1. The fourth-order valence-corrected chi connectivity index (χ4v) is 3.28. The SMILES string of the molecule is CN1CCC(CCNC(=O)c2ccc3c(c2)CNC3)CC1.Cl.Cl. The summed E-state index contributed by atoms with van der Waals surface area (Å²) in [6.45, 7) is 4.98. The lowest BCUT2D eigenvalue weighted by atomic mass is 9.94. The first-order valence-corrected chi connectivity index (χ1v) is 8.01. The van der Waals surface area contributed by atoms with Crippen LogP contribution in [-0.2, 0) is 13.1 Å². The van der Waals surface area contributed by atoms with Crippen LogP contribution in [0.1, 0.15) is 40.7 Å². The van der Waals surface area contributed by atoms with Gasteiger partial charge in [-0.05, 0) is 68.6 Å². The largest absolute Gasteiger partial charge is 0.352 e. The number of carbonyl (C=O) groups is 1. The first-order chi connectivity index (χ1) is 10.2. The molecule has 0 aliphatic carbocycles. The lowest BCUT2D eigenvalue weighted by Crippen LogP contribution is -2.32. The lowest BCUT2D eigenvalue weighted by molar-refractivity contribution is 0.0949. The molecule has 0 unspecified atom stereocenters. The Hall–Kier alpha value is -0.810. The van der Waals surface area contributed by atoms with Crippen LogP contribution in [-0.4, -0.2) is 37.5 Å². The summed E-state index contributed by atoms with van der Waals surface area (Å²) in [5.74, 6) is 0.836. The first kappa shape index (κ1) is 20.2. The van der Waals surface area contributed by atoms with Crippen molar-refractivity contribution in [3.63, 3.8) is 0 Å². The molecule has 0 spiro atoms. The van der Waals surface area contributed by atoms with E-state index < -0.39 is 0 Å². The van der Waals surface area contributed by atoms with Crippen molar-refractivity contribution in [1.29, 1.82) is 0 Å². The van der Waals surface area contributed by atoms with Crippen LogP contribution < -0.4 is 10.6 Å². The Balaban J connectivity index is 0.00000132. The Labute approximate surface area is 151 Å². The fraction of sp³-hybridized carbons (Fsp3) is 0.588. The molecule has 6 heteroatoms. The van der Waals surface area contributed by atoms with E-state index in [9.17, 15) is 4.79 Å². The summed E-state index contributed by atoms with van der Waals surface area (Å²) in [6.07, 6.45) is 3.62. The average Bonchev–Trinajstić information content (AvgIpc) is 2.96. The Bertz CT molecular complexity index is 517. The number of rotatable bonds is 4. The third kappa shape index (κ3) is 5.35. The summed E-state index contributed by atoms with van der Waals surface area (Å²) in [6, 6.07) is 6.04. The van der Waals surface area contributed by atoms with Crippen LogP contribution in [0.4, 0.5) is 0 Å². The second-order valence-corrected chi connectivity index (χ2v) is 6.38. The van der Waals surface area contributed by atoms with Gasteiger partial charge < -0.3 is 15.5 Å². The summed E-state index contributed by atoms with van der Waals surface area (Å²) in [5, 5.41) is 6.38. The molecule has 1 aromatic carbocycles. The van der Waals surface area contributed by atoms with Crippen molar-refractivity contribution in [2.75, 3.05) is 26.7 Å². The third-order valence-corrected chi connectivity index (χ3v) is 4.78. The minimum Gasteiger partial charge on any atom is -0.352 e. The molecule has 1 saturated heterocycles. The number of nitrogens with one attached hydrogen (secondary N) is 2. The molecule has 2 heterocycles. The molecule has 1 amide bonds. The number of halogens is 2. The molecule has 1 fully saturated rings. The topological polar surface area (TPSA) is 44.4 Å². The maximum Gasteiger partial charge on any atom is 0.251 e. The van der Waals surface area contributed by atoms with Crippen LogP contribution in [0, 0.1) is 5.92 Å². The molecule has 130 valence electrons. The smallest absolute Gasteiger partial charge is 0.251 e. The highest BCUT2D eigenvalue weighted by atomic mass is 35.5. The van der Waals surface area contributed by atoms with E-state index in [4.69, 9.17) is 0 Å². The average molecular weight is 360 g/mol. The molecule has 4 nitrogen and oxygen atoms in total. The molecule has 0 saturated carbocycles. The second kappa shape index (κ2) is 9.48. The van der Waals surface area contributed by atoms with Crippen LogP contribution in [0.2, 0.25) is 0 Å². The Morgan fingerprint density at radius 3 is 2.65 bits per heavy atom. The van der Waals surface area contributed by atoms with Crippen molar-refractivity contribution in [2.45, 2.75) is 32.4 Å². The number of carbonyl (C=O) groups excluding carboxylic acids is 1. The molecule has 1 aromatic rings. The molecule has 23 heavy (non-hydrogen) atoms. The summed E-state index contributed by atoms with van der Waals surface area (Å²) in [7, 11) is 2.18. The maximum atomic E-state index is 12.2. The summed E-state index contributed by atoms with van der Waals surface area (Å²) >= 11 is 0. The van der Waals surface area contributed by atoms with Crippen molar-refractivity contribution < 1.29 is 4.79 Å². The fourth-order valence-electron chi connectivity index (χ4n) is 3.28. The number of nitrogens with zero attached hydrogens (tertiary/aromatic N) is 1. The van der Waals surface area contributed by atoms with Gasteiger partial charge in [0.05, 0.1) is 0 Å². The van der Waals surface area contributed by atoms with Gasteiger partial charge >= 0.3 is 0 Å². The highest BCUT2D eigenvalue weighted by Crippen LogP contribution is 2.19. The van der Waals surface area contributed by atoms with Crippen LogP contribution in [0.5, 0.6) is 0 Å². The maximum absolute atomic E-state index is 12.2. The summed E-state index contributed by atoms with van der Waals surface area (Å²) < 4.78 is 0. The Morgan fingerprint density at radius 1 is 1.22 bits per heavy atom. The van der Waals surface area contributed by atoms with Gasteiger partial charge in [-0.25, -0.2) is 0 Å².